The lowest BCUT2D eigenvalue weighted by atomic mass is 9.87. The van der Waals surface area contributed by atoms with Gasteiger partial charge in [-0.05, 0) is 88.7 Å². The summed E-state index contributed by atoms with van der Waals surface area (Å²) < 4.78 is 6.54. The van der Waals surface area contributed by atoms with E-state index >= 15 is 0 Å². The molecule has 4 heterocycles. The van der Waals surface area contributed by atoms with Gasteiger partial charge in [-0.25, -0.2) is 14.6 Å². The van der Waals surface area contributed by atoms with Crippen LogP contribution >= 0.6 is 0 Å². The largest absolute Gasteiger partial charge is 0.478 e. The first-order valence-electron chi connectivity index (χ1n) is 16.2. The van der Waals surface area contributed by atoms with Crippen molar-refractivity contribution < 1.29 is 24.2 Å². The molecule has 0 fully saturated rings. The molecule has 0 aliphatic carbocycles. The lowest BCUT2D eigenvalue weighted by Crippen LogP contribution is -2.14. The molecule has 0 radical (unpaired) electrons. The zero-order chi connectivity index (χ0) is 35.8. The molecule has 0 spiro atoms. The maximum absolute atomic E-state index is 12.1. The third-order valence-corrected chi connectivity index (χ3v) is 8.44. The van der Waals surface area contributed by atoms with Crippen molar-refractivity contribution in [2.45, 2.75) is 52.4 Å². The van der Waals surface area contributed by atoms with E-state index in [1.54, 1.807) is 12.3 Å². The second kappa shape index (κ2) is 13.1. The predicted molar refractivity (Wildman–Crippen MR) is 194 cm³/mol. The van der Waals surface area contributed by atoms with Crippen molar-refractivity contribution in [3.05, 3.63) is 132 Å². The number of pyridine rings is 3. The monoisotopic (exact) mass is 666 g/mol. The molecule has 0 atom stereocenters. The molecule has 0 unspecified atom stereocenters. The molecule has 0 amide bonds. The van der Waals surface area contributed by atoms with Crippen LogP contribution in [0, 0.1) is 0 Å². The van der Waals surface area contributed by atoms with Crippen LogP contribution < -0.4 is 4.90 Å². The third kappa shape index (κ3) is 7.17. The van der Waals surface area contributed by atoms with E-state index in [4.69, 9.17) is 4.42 Å². The molecule has 9 nitrogen and oxygen atoms in total. The van der Waals surface area contributed by atoms with E-state index in [0.717, 1.165) is 11.4 Å². The van der Waals surface area contributed by atoms with Crippen molar-refractivity contribution in [2.24, 2.45) is 0 Å². The number of nitrogens with zero attached hydrogens (tertiary/aromatic N) is 4. The summed E-state index contributed by atoms with van der Waals surface area (Å²) in [5.74, 6) is -1.10. The van der Waals surface area contributed by atoms with Gasteiger partial charge in [0.15, 0.2) is 0 Å². The van der Waals surface area contributed by atoms with Crippen LogP contribution in [0.15, 0.2) is 114 Å². The molecule has 0 bridgehead atoms. The number of carbonyl (C=O) groups is 2. The summed E-state index contributed by atoms with van der Waals surface area (Å²) in [6.45, 7) is 13.1. The second-order valence-electron chi connectivity index (χ2n) is 14.2. The van der Waals surface area contributed by atoms with Crippen LogP contribution in [0.3, 0.4) is 0 Å². The van der Waals surface area contributed by atoms with Crippen molar-refractivity contribution in [1.82, 2.24) is 15.0 Å². The molecular weight excluding hydrogens is 628 g/mol. The summed E-state index contributed by atoms with van der Waals surface area (Å²) in [5.41, 5.74) is 6.17. The number of carboxylic acids is 2. The van der Waals surface area contributed by atoms with Crippen LogP contribution in [0.5, 0.6) is 0 Å². The number of rotatable bonds is 8. The van der Waals surface area contributed by atoms with Crippen LogP contribution in [0.1, 0.15) is 73.4 Å². The van der Waals surface area contributed by atoms with Crippen molar-refractivity contribution in [3.63, 3.8) is 0 Å². The van der Waals surface area contributed by atoms with Gasteiger partial charge in [0.1, 0.15) is 5.76 Å². The van der Waals surface area contributed by atoms with Crippen LogP contribution in [0.2, 0.25) is 0 Å². The minimum absolute atomic E-state index is 0.00719. The first-order valence-corrected chi connectivity index (χ1v) is 16.2. The smallest absolute Gasteiger partial charge is 0.335 e. The first-order chi connectivity index (χ1) is 23.7. The van der Waals surface area contributed by atoms with Gasteiger partial charge in [-0.15, -0.1) is 0 Å². The highest BCUT2D eigenvalue weighted by molar-refractivity contribution is 5.91. The summed E-state index contributed by atoms with van der Waals surface area (Å²) in [6, 6.07) is 29.9. The Morgan fingerprint density at radius 2 is 1.06 bits per heavy atom. The summed E-state index contributed by atoms with van der Waals surface area (Å²) in [7, 11) is 0. The normalized spacial score (nSPS) is 11.7. The van der Waals surface area contributed by atoms with Crippen molar-refractivity contribution in [2.75, 3.05) is 4.90 Å². The van der Waals surface area contributed by atoms with E-state index in [9.17, 15) is 19.8 Å². The summed E-state index contributed by atoms with van der Waals surface area (Å²) in [4.78, 5) is 39.1. The van der Waals surface area contributed by atoms with Gasteiger partial charge in [0.05, 0.1) is 33.9 Å². The zero-order valence-electron chi connectivity index (χ0n) is 28.8. The number of hydrogen-bond donors (Lipinski definition) is 2. The van der Waals surface area contributed by atoms with Gasteiger partial charge < -0.3 is 14.6 Å². The highest BCUT2D eigenvalue weighted by atomic mass is 16.4. The number of anilines is 3. The molecule has 6 aromatic rings. The first kappa shape index (κ1) is 33.8. The molecule has 2 N–H and O–H groups in total. The predicted octanol–water partition coefficient (Wildman–Crippen LogP) is 9.93. The topological polar surface area (TPSA) is 130 Å². The van der Waals surface area contributed by atoms with Crippen molar-refractivity contribution in [3.8, 4) is 34.1 Å². The Morgan fingerprint density at radius 3 is 1.56 bits per heavy atom. The van der Waals surface area contributed by atoms with Gasteiger partial charge >= 0.3 is 11.9 Å². The highest BCUT2D eigenvalue weighted by Gasteiger charge is 2.21. The average molecular weight is 667 g/mol. The maximum atomic E-state index is 12.1. The van der Waals surface area contributed by atoms with E-state index in [0.29, 0.717) is 22.9 Å². The van der Waals surface area contributed by atoms with E-state index < -0.39 is 11.9 Å². The van der Waals surface area contributed by atoms with E-state index in [-0.39, 0.29) is 39.0 Å². The van der Waals surface area contributed by atoms with Gasteiger partial charge in [-0.3, -0.25) is 14.9 Å². The molecule has 4 aromatic heterocycles. The Bertz CT molecular complexity index is 2130. The highest BCUT2D eigenvalue weighted by Crippen LogP contribution is 2.40. The molecule has 9 heteroatoms. The summed E-state index contributed by atoms with van der Waals surface area (Å²) in [5, 5.41) is 19.3. The van der Waals surface area contributed by atoms with Crippen LogP contribution in [-0.2, 0) is 10.8 Å². The third-order valence-electron chi connectivity index (χ3n) is 8.44. The van der Waals surface area contributed by atoms with E-state index in [1.165, 1.54) is 41.6 Å². The second-order valence-corrected chi connectivity index (χ2v) is 14.2. The minimum atomic E-state index is -1.16. The molecule has 6 rings (SSSR count). The van der Waals surface area contributed by atoms with Crippen LogP contribution in [0.25, 0.3) is 34.1 Å². The number of hydrogen-bond acceptors (Lipinski definition) is 7. The number of aromatic carboxylic acids is 2. The van der Waals surface area contributed by atoms with Gasteiger partial charge in [0.25, 0.3) is 0 Å². The molecule has 252 valence electrons. The minimum Gasteiger partial charge on any atom is -0.478 e. The standard InChI is InChI=1S/C41H38N4O5/c1-40(2,3)28-7-11-30(12-8-28)45(31-13-9-29(10-14-31)41(4,5)6)37-16-15-36(50-37)25-17-19-42-32(21-25)34-23-27(39(48)49)24-35(44-34)33-22-26(38(46)47)18-20-43-33/h7-24H,1-6H3,(H,46,47)(H,48,49). The fourth-order valence-corrected chi connectivity index (χ4v) is 5.57. The lowest BCUT2D eigenvalue weighted by Gasteiger charge is -2.26. The fraction of sp³-hybridized carbons (Fsp3) is 0.195. The number of benzene rings is 2. The summed E-state index contributed by atoms with van der Waals surface area (Å²) >= 11 is 0. The molecule has 0 aliphatic rings. The van der Waals surface area contributed by atoms with Gasteiger partial charge in [0, 0.05) is 35.4 Å². The zero-order valence-corrected chi connectivity index (χ0v) is 28.8. The molecule has 2 aromatic carbocycles. The Hall–Kier alpha value is -6.09. The van der Waals surface area contributed by atoms with Crippen LogP contribution in [0.4, 0.5) is 17.3 Å². The fourth-order valence-electron chi connectivity index (χ4n) is 5.57. The quantitative estimate of drug-likeness (QED) is 0.163. The van der Waals surface area contributed by atoms with Gasteiger partial charge in [-0.1, -0.05) is 65.8 Å². The van der Waals surface area contributed by atoms with Crippen molar-refractivity contribution >= 4 is 29.2 Å². The SMILES string of the molecule is CC(C)(C)c1ccc(N(c2ccc(C(C)(C)C)cc2)c2ccc(-c3ccnc(-c4cc(C(=O)O)cc(-c5cc(C(=O)O)ccn5)n4)c3)o2)cc1. The number of carboxylic acid groups (broad SMARTS) is 2. The van der Waals surface area contributed by atoms with Gasteiger partial charge in [0.2, 0.25) is 5.88 Å². The van der Waals surface area contributed by atoms with Gasteiger partial charge in [-0.2, -0.15) is 0 Å². The Kier molecular flexibility index (Phi) is 8.84. The molecule has 50 heavy (non-hydrogen) atoms. The van der Waals surface area contributed by atoms with E-state index in [1.807, 2.05) is 18.2 Å². The molecular formula is C41H38N4O5. The molecule has 0 saturated carbocycles. The van der Waals surface area contributed by atoms with Crippen molar-refractivity contribution in [1.29, 1.82) is 0 Å². The lowest BCUT2D eigenvalue weighted by molar-refractivity contribution is 0.0686. The average Bonchev–Trinajstić information content (AvgIpc) is 3.58. The molecule has 0 saturated heterocycles. The molecule has 0 aliphatic heterocycles. The number of furan rings is 1. The Balaban J connectivity index is 1.39. The van der Waals surface area contributed by atoms with E-state index in [2.05, 4.69) is 110 Å². The summed E-state index contributed by atoms with van der Waals surface area (Å²) in [6.07, 6.45) is 2.96. The Labute approximate surface area is 290 Å². The van der Waals surface area contributed by atoms with Crippen LogP contribution in [-0.4, -0.2) is 37.1 Å². The number of aromatic nitrogens is 3. The Morgan fingerprint density at radius 1 is 0.580 bits per heavy atom. The maximum Gasteiger partial charge on any atom is 0.335 e.